The predicted molar refractivity (Wildman–Crippen MR) is 89.6 cm³/mol. The first kappa shape index (κ1) is 16.8. The molecule has 0 saturated heterocycles. The zero-order chi connectivity index (χ0) is 14.5. The van der Waals surface area contributed by atoms with Crippen LogP contribution < -0.4 is 0 Å². The molecule has 0 heterocycles. The Kier molecular flexibility index (Phi) is 6.11. The van der Waals surface area contributed by atoms with Crippen molar-refractivity contribution in [2.75, 3.05) is 0 Å². The highest BCUT2D eigenvalue weighted by molar-refractivity contribution is 9.10. The molecule has 0 aliphatic heterocycles. The Morgan fingerprint density at radius 1 is 1.00 bits per heavy atom. The van der Waals surface area contributed by atoms with E-state index in [-0.39, 0.29) is 0 Å². The van der Waals surface area contributed by atoms with Crippen LogP contribution in [0.15, 0.2) is 28.7 Å². The number of halogens is 1. The summed E-state index contributed by atoms with van der Waals surface area (Å²) >= 11 is 3.54. The molecule has 0 fully saturated rings. The van der Waals surface area contributed by atoms with Crippen LogP contribution in [0, 0.1) is 10.8 Å². The highest BCUT2D eigenvalue weighted by Gasteiger charge is 2.24. The van der Waals surface area contributed by atoms with Crippen LogP contribution in [-0.2, 0) is 6.42 Å². The first-order chi connectivity index (χ1) is 8.68. The maximum atomic E-state index is 3.54. The Labute approximate surface area is 128 Å². The van der Waals surface area contributed by atoms with E-state index in [1.165, 1.54) is 42.1 Å². The van der Waals surface area contributed by atoms with Crippen LogP contribution in [-0.4, -0.2) is 0 Å². The smallest absolute Gasteiger partial charge is 0.0177 e. The molecular weight excluding hydrogens is 296 g/mol. The molecule has 0 unspecified atom stereocenters. The van der Waals surface area contributed by atoms with Crippen molar-refractivity contribution in [3.63, 3.8) is 0 Å². The van der Waals surface area contributed by atoms with Crippen LogP contribution >= 0.6 is 15.9 Å². The first-order valence-corrected chi connectivity index (χ1v) is 8.22. The molecule has 19 heavy (non-hydrogen) atoms. The van der Waals surface area contributed by atoms with Gasteiger partial charge >= 0.3 is 0 Å². The van der Waals surface area contributed by atoms with E-state index < -0.39 is 0 Å². The third-order valence-corrected chi connectivity index (χ3v) is 3.96. The molecule has 0 atom stereocenters. The summed E-state index contributed by atoms with van der Waals surface area (Å²) in [5.74, 6) is 0. The van der Waals surface area contributed by atoms with Crippen molar-refractivity contribution in [2.24, 2.45) is 10.8 Å². The summed E-state index contributed by atoms with van der Waals surface area (Å²) in [4.78, 5) is 0. The lowest BCUT2D eigenvalue weighted by Crippen LogP contribution is -2.20. The Bertz CT molecular complexity index is 385. The fourth-order valence-electron chi connectivity index (χ4n) is 3.15. The third kappa shape index (κ3) is 7.77. The van der Waals surface area contributed by atoms with Gasteiger partial charge in [-0.1, -0.05) is 69.1 Å². The summed E-state index contributed by atoms with van der Waals surface area (Å²) in [6.45, 7) is 11.9. The topological polar surface area (TPSA) is 0 Å². The molecule has 108 valence electrons. The summed E-state index contributed by atoms with van der Waals surface area (Å²) in [5.41, 5.74) is 2.35. The number of hydrogen-bond acceptors (Lipinski definition) is 0. The molecule has 1 heteroatoms. The molecule has 0 radical (unpaired) electrons. The van der Waals surface area contributed by atoms with Gasteiger partial charge in [-0.25, -0.2) is 0 Å². The molecule has 0 bridgehead atoms. The van der Waals surface area contributed by atoms with Crippen molar-refractivity contribution >= 4 is 15.9 Å². The van der Waals surface area contributed by atoms with Crippen molar-refractivity contribution < 1.29 is 0 Å². The van der Waals surface area contributed by atoms with Crippen molar-refractivity contribution in [1.29, 1.82) is 0 Å². The maximum Gasteiger partial charge on any atom is 0.0177 e. The molecule has 1 aromatic rings. The molecular formula is C18H29Br. The lowest BCUT2D eigenvalue weighted by Gasteiger charge is -2.32. The van der Waals surface area contributed by atoms with Crippen molar-refractivity contribution in [3.05, 3.63) is 34.3 Å². The lowest BCUT2D eigenvalue weighted by atomic mass is 9.73. The van der Waals surface area contributed by atoms with E-state index in [9.17, 15) is 0 Å². The molecule has 0 aliphatic carbocycles. The van der Waals surface area contributed by atoms with Gasteiger partial charge in [0.25, 0.3) is 0 Å². The Morgan fingerprint density at radius 3 is 2.26 bits per heavy atom. The van der Waals surface area contributed by atoms with Crippen LogP contribution in [0.1, 0.15) is 65.9 Å². The minimum atomic E-state index is 0.438. The van der Waals surface area contributed by atoms with E-state index in [1.807, 2.05) is 0 Å². The van der Waals surface area contributed by atoms with E-state index in [0.29, 0.717) is 10.8 Å². The zero-order valence-corrected chi connectivity index (χ0v) is 14.8. The van der Waals surface area contributed by atoms with Gasteiger partial charge < -0.3 is 0 Å². The van der Waals surface area contributed by atoms with Gasteiger partial charge in [0.2, 0.25) is 0 Å². The van der Waals surface area contributed by atoms with Gasteiger partial charge in [-0.3, -0.25) is 0 Å². The van der Waals surface area contributed by atoms with E-state index >= 15 is 0 Å². The second-order valence-corrected chi connectivity index (χ2v) is 8.65. The predicted octanol–water partition coefficient (Wildman–Crippen LogP) is 6.62. The molecule has 0 amide bonds. The van der Waals surface area contributed by atoms with Gasteiger partial charge in [0, 0.05) is 4.47 Å². The molecule has 0 spiro atoms. The lowest BCUT2D eigenvalue weighted by molar-refractivity contribution is 0.194. The van der Waals surface area contributed by atoms with Gasteiger partial charge in [-0.05, 0) is 54.2 Å². The summed E-state index contributed by atoms with van der Waals surface area (Å²) in [5, 5.41) is 0. The molecule has 0 aliphatic rings. The maximum absolute atomic E-state index is 3.54. The first-order valence-electron chi connectivity index (χ1n) is 7.42. The number of aryl methyl sites for hydroxylation is 1. The Morgan fingerprint density at radius 2 is 1.68 bits per heavy atom. The molecule has 0 N–H and O–H groups in total. The van der Waals surface area contributed by atoms with Gasteiger partial charge in [-0.2, -0.15) is 0 Å². The minimum Gasteiger partial charge on any atom is -0.0609 e. The average Bonchev–Trinajstić information content (AvgIpc) is 2.21. The summed E-state index contributed by atoms with van der Waals surface area (Å²) in [6, 6.07) is 8.68. The van der Waals surface area contributed by atoms with E-state index in [4.69, 9.17) is 0 Å². The van der Waals surface area contributed by atoms with E-state index in [2.05, 4.69) is 74.8 Å². The average molecular weight is 325 g/mol. The monoisotopic (exact) mass is 324 g/mol. The summed E-state index contributed by atoms with van der Waals surface area (Å²) < 4.78 is 1.19. The highest BCUT2D eigenvalue weighted by atomic mass is 79.9. The number of benzene rings is 1. The molecule has 0 saturated carbocycles. The van der Waals surface area contributed by atoms with E-state index in [1.54, 1.807) is 0 Å². The summed E-state index contributed by atoms with van der Waals surface area (Å²) in [7, 11) is 0. The van der Waals surface area contributed by atoms with Gasteiger partial charge in [0.05, 0.1) is 0 Å². The molecule has 0 aromatic heterocycles. The van der Waals surface area contributed by atoms with Crippen LogP contribution in [0.2, 0.25) is 0 Å². The van der Waals surface area contributed by atoms with Crippen molar-refractivity contribution in [1.82, 2.24) is 0 Å². The Balaban J connectivity index is 2.31. The third-order valence-electron chi connectivity index (χ3n) is 3.47. The number of unbranched alkanes of at least 4 members (excludes halogenated alkanes) is 1. The summed E-state index contributed by atoms with van der Waals surface area (Å²) in [6.07, 6.45) is 6.46. The van der Waals surface area contributed by atoms with Gasteiger partial charge in [0.15, 0.2) is 0 Å². The van der Waals surface area contributed by atoms with Gasteiger partial charge in [0.1, 0.15) is 0 Å². The van der Waals surface area contributed by atoms with E-state index in [0.717, 1.165) is 0 Å². The quantitative estimate of drug-likeness (QED) is 0.515. The Hall–Kier alpha value is -0.300. The van der Waals surface area contributed by atoms with Crippen LogP contribution in [0.25, 0.3) is 0 Å². The SMILES string of the molecule is CC(C)(C)CC(C)(C)CCCCc1cccc(Br)c1. The van der Waals surface area contributed by atoms with Crippen LogP contribution in [0.4, 0.5) is 0 Å². The fourth-order valence-corrected chi connectivity index (χ4v) is 3.60. The van der Waals surface area contributed by atoms with Crippen molar-refractivity contribution in [2.45, 2.75) is 66.7 Å². The zero-order valence-electron chi connectivity index (χ0n) is 13.2. The molecule has 0 nitrogen and oxygen atoms in total. The van der Waals surface area contributed by atoms with Crippen molar-refractivity contribution in [3.8, 4) is 0 Å². The number of rotatable bonds is 6. The fraction of sp³-hybridized carbons (Fsp3) is 0.667. The minimum absolute atomic E-state index is 0.438. The van der Waals surface area contributed by atoms with Crippen LogP contribution in [0.3, 0.4) is 0 Å². The molecule has 1 aromatic carbocycles. The second-order valence-electron chi connectivity index (χ2n) is 7.74. The van der Waals surface area contributed by atoms with Crippen LogP contribution in [0.5, 0.6) is 0 Å². The number of hydrogen-bond donors (Lipinski definition) is 0. The molecule has 1 rings (SSSR count). The second kappa shape index (κ2) is 6.92. The standard InChI is InChI=1S/C18H29Br/c1-17(2,3)14-18(4,5)12-7-6-9-15-10-8-11-16(19)13-15/h8,10-11,13H,6-7,9,12,14H2,1-5H3. The normalized spacial score (nSPS) is 12.7. The largest absolute Gasteiger partial charge is 0.0609 e. The van der Waals surface area contributed by atoms with Gasteiger partial charge in [-0.15, -0.1) is 0 Å². The highest BCUT2D eigenvalue weighted by Crippen LogP contribution is 2.36.